The predicted molar refractivity (Wildman–Crippen MR) is 68.1 cm³/mol. The minimum Gasteiger partial charge on any atom is -0.487 e. The number of hydrogen-bond acceptors (Lipinski definition) is 3. The lowest BCUT2D eigenvalue weighted by Crippen LogP contribution is -2.19. The molecule has 1 aromatic rings. The fourth-order valence-corrected chi connectivity index (χ4v) is 1.69. The molecule has 18 heavy (non-hydrogen) atoms. The summed E-state index contributed by atoms with van der Waals surface area (Å²) in [4.78, 5) is 0. The third kappa shape index (κ3) is 3.68. The molecule has 2 rings (SSSR count). The van der Waals surface area contributed by atoms with Gasteiger partial charge in [-0.1, -0.05) is 19.1 Å². The van der Waals surface area contributed by atoms with E-state index in [0.29, 0.717) is 19.0 Å². The first kappa shape index (κ1) is 13.3. The van der Waals surface area contributed by atoms with Crippen molar-refractivity contribution < 1.29 is 14.2 Å². The second kappa shape index (κ2) is 6.16. The molecule has 0 aromatic heterocycles. The lowest BCUT2D eigenvalue weighted by Gasteiger charge is -2.15. The van der Waals surface area contributed by atoms with Gasteiger partial charge in [-0.05, 0) is 25.3 Å². The first-order valence-electron chi connectivity index (χ1n) is 6.52. The first-order chi connectivity index (χ1) is 8.70. The van der Waals surface area contributed by atoms with Gasteiger partial charge in [-0.2, -0.15) is 0 Å². The van der Waals surface area contributed by atoms with Crippen LogP contribution in [0.2, 0.25) is 0 Å². The first-order valence-corrected chi connectivity index (χ1v) is 6.52. The maximum absolute atomic E-state index is 13.7. The Hall–Kier alpha value is -1.13. The molecule has 0 amide bonds. The molecule has 0 heterocycles. The van der Waals surface area contributed by atoms with Crippen molar-refractivity contribution in [3.05, 3.63) is 29.6 Å². The summed E-state index contributed by atoms with van der Waals surface area (Å²) in [6, 6.07) is 5.49. The number of aliphatic hydroxyl groups excluding tert-OH is 1. The van der Waals surface area contributed by atoms with Gasteiger partial charge < -0.3 is 15.2 Å². The van der Waals surface area contributed by atoms with E-state index in [1.54, 1.807) is 6.07 Å². The molecule has 1 atom stereocenters. The van der Waals surface area contributed by atoms with Crippen LogP contribution in [0.1, 0.15) is 31.7 Å². The van der Waals surface area contributed by atoms with Crippen LogP contribution in [0, 0.1) is 5.82 Å². The quantitative estimate of drug-likeness (QED) is 0.783. The monoisotopic (exact) mass is 253 g/mol. The second-order valence-corrected chi connectivity index (χ2v) is 4.76. The summed E-state index contributed by atoms with van der Waals surface area (Å²) in [7, 11) is 0. The Kier molecular flexibility index (Phi) is 4.55. The van der Waals surface area contributed by atoms with Crippen LogP contribution < -0.4 is 10.1 Å². The Bertz CT molecular complexity index is 393. The molecule has 4 heteroatoms. The van der Waals surface area contributed by atoms with Gasteiger partial charge in [0.15, 0.2) is 11.6 Å². The van der Waals surface area contributed by atoms with Gasteiger partial charge >= 0.3 is 0 Å². The molecule has 0 radical (unpaired) electrons. The number of halogens is 1. The molecular weight excluding hydrogens is 233 g/mol. The molecule has 0 bridgehead atoms. The fraction of sp³-hybridized carbons (Fsp3) is 0.571. The van der Waals surface area contributed by atoms with Gasteiger partial charge in [0, 0.05) is 18.2 Å². The number of benzene rings is 1. The normalized spacial score (nSPS) is 16.6. The summed E-state index contributed by atoms with van der Waals surface area (Å²) >= 11 is 0. The molecule has 0 spiro atoms. The second-order valence-electron chi connectivity index (χ2n) is 4.76. The molecule has 0 saturated heterocycles. The van der Waals surface area contributed by atoms with Gasteiger partial charge in [0.2, 0.25) is 0 Å². The van der Waals surface area contributed by atoms with Crippen molar-refractivity contribution in [3.63, 3.8) is 0 Å². The summed E-state index contributed by atoms with van der Waals surface area (Å²) in [5.41, 5.74) is 0.810. The molecule has 1 aliphatic rings. The summed E-state index contributed by atoms with van der Waals surface area (Å²) < 4.78 is 19.1. The van der Waals surface area contributed by atoms with Crippen LogP contribution in [0.4, 0.5) is 4.39 Å². The molecule has 1 aliphatic carbocycles. The highest BCUT2D eigenvalue weighted by molar-refractivity contribution is 5.35. The highest BCUT2D eigenvalue weighted by Gasteiger charge is 2.21. The Labute approximate surface area is 107 Å². The van der Waals surface area contributed by atoms with Crippen molar-refractivity contribution in [3.8, 4) is 5.75 Å². The number of nitrogens with one attached hydrogen (secondary N) is 1. The van der Waals surface area contributed by atoms with E-state index in [0.717, 1.165) is 5.56 Å². The lowest BCUT2D eigenvalue weighted by atomic mass is 10.2. The van der Waals surface area contributed by atoms with Gasteiger partial charge in [0.25, 0.3) is 0 Å². The Morgan fingerprint density at radius 3 is 2.94 bits per heavy atom. The van der Waals surface area contributed by atoms with Crippen LogP contribution in [0.15, 0.2) is 18.2 Å². The molecule has 1 unspecified atom stereocenters. The van der Waals surface area contributed by atoms with Crippen LogP contribution in [-0.4, -0.2) is 23.9 Å². The van der Waals surface area contributed by atoms with Crippen molar-refractivity contribution >= 4 is 0 Å². The van der Waals surface area contributed by atoms with Gasteiger partial charge in [-0.15, -0.1) is 0 Å². The third-order valence-corrected chi connectivity index (χ3v) is 3.10. The Balaban J connectivity index is 1.99. The Morgan fingerprint density at radius 2 is 2.28 bits per heavy atom. The predicted octanol–water partition coefficient (Wildman–Crippen LogP) is 2.23. The minimum atomic E-state index is -0.547. The molecule has 1 saturated carbocycles. The number of aliphatic hydroxyl groups is 1. The standard InChI is InChI=1S/C14H20FNO2/c1-2-12(17)9-18-14-10(4-3-5-13(14)15)8-16-11-6-7-11/h3-5,11-12,16-17H,2,6-9H2,1H3. The smallest absolute Gasteiger partial charge is 0.165 e. The minimum absolute atomic E-state index is 0.133. The van der Waals surface area contributed by atoms with Crippen molar-refractivity contribution in [1.29, 1.82) is 0 Å². The maximum Gasteiger partial charge on any atom is 0.165 e. The van der Waals surface area contributed by atoms with E-state index in [-0.39, 0.29) is 18.2 Å². The zero-order valence-electron chi connectivity index (χ0n) is 10.7. The number of para-hydroxylation sites is 1. The van der Waals surface area contributed by atoms with Gasteiger partial charge in [0.05, 0.1) is 6.10 Å². The van der Waals surface area contributed by atoms with E-state index in [2.05, 4.69) is 5.32 Å². The molecule has 3 nitrogen and oxygen atoms in total. The third-order valence-electron chi connectivity index (χ3n) is 3.10. The molecule has 0 aliphatic heterocycles. The molecule has 100 valence electrons. The number of ether oxygens (including phenoxy) is 1. The van der Waals surface area contributed by atoms with Crippen LogP contribution in [-0.2, 0) is 6.54 Å². The van der Waals surface area contributed by atoms with Crippen molar-refractivity contribution in [2.24, 2.45) is 0 Å². The van der Waals surface area contributed by atoms with E-state index < -0.39 is 6.10 Å². The summed E-state index contributed by atoms with van der Waals surface area (Å²) in [6.07, 6.45) is 2.44. The zero-order chi connectivity index (χ0) is 13.0. The molecule has 2 N–H and O–H groups in total. The number of rotatable bonds is 7. The summed E-state index contributed by atoms with van der Waals surface area (Å²) in [6.45, 7) is 2.61. The Morgan fingerprint density at radius 1 is 1.50 bits per heavy atom. The van der Waals surface area contributed by atoms with Gasteiger partial charge in [-0.25, -0.2) is 4.39 Å². The largest absolute Gasteiger partial charge is 0.487 e. The average Bonchev–Trinajstić information content (AvgIpc) is 3.18. The van der Waals surface area contributed by atoms with Crippen LogP contribution in [0.5, 0.6) is 5.75 Å². The van der Waals surface area contributed by atoms with Crippen LogP contribution >= 0.6 is 0 Å². The van der Waals surface area contributed by atoms with E-state index in [4.69, 9.17) is 4.74 Å². The summed E-state index contributed by atoms with van der Waals surface area (Å²) in [5.74, 6) is -0.105. The number of hydrogen-bond donors (Lipinski definition) is 2. The zero-order valence-corrected chi connectivity index (χ0v) is 10.7. The van der Waals surface area contributed by atoms with E-state index in [1.165, 1.54) is 18.9 Å². The maximum atomic E-state index is 13.7. The fourth-order valence-electron chi connectivity index (χ4n) is 1.69. The van der Waals surface area contributed by atoms with E-state index in [1.807, 2.05) is 13.0 Å². The lowest BCUT2D eigenvalue weighted by molar-refractivity contribution is 0.101. The van der Waals surface area contributed by atoms with Crippen LogP contribution in [0.3, 0.4) is 0 Å². The average molecular weight is 253 g/mol. The molecular formula is C14H20FNO2. The van der Waals surface area contributed by atoms with Crippen LogP contribution in [0.25, 0.3) is 0 Å². The van der Waals surface area contributed by atoms with E-state index in [9.17, 15) is 9.50 Å². The van der Waals surface area contributed by atoms with Gasteiger partial charge in [-0.3, -0.25) is 0 Å². The molecule has 1 fully saturated rings. The highest BCUT2D eigenvalue weighted by Crippen LogP contribution is 2.25. The van der Waals surface area contributed by atoms with Gasteiger partial charge in [0.1, 0.15) is 6.61 Å². The molecule has 1 aromatic carbocycles. The topological polar surface area (TPSA) is 41.5 Å². The van der Waals surface area contributed by atoms with Crippen molar-refractivity contribution in [2.45, 2.75) is 44.9 Å². The SMILES string of the molecule is CCC(O)COc1c(F)cccc1CNC1CC1. The summed E-state index contributed by atoms with van der Waals surface area (Å²) in [5, 5.41) is 12.8. The van der Waals surface area contributed by atoms with E-state index >= 15 is 0 Å². The highest BCUT2D eigenvalue weighted by atomic mass is 19.1. The van der Waals surface area contributed by atoms with Crippen molar-refractivity contribution in [2.75, 3.05) is 6.61 Å². The van der Waals surface area contributed by atoms with Crippen molar-refractivity contribution in [1.82, 2.24) is 5.32 Å².